The van der Waals surface area contributed by atoms with Crippen molar-refractivity contribution in [3.63, 3.8) is 0 Å². The van der Waals surface area contributed by atoms with Crippen LogP contribution in [-0.4, -0.2) is 31.3 Å². The summed E-state index contributed by atoms with van der Waals surface area (Å²) in [7, 11) is -3.37. The second kappa shape index (κ2) is 8.00. The molecule has 3 aromatic rings. The fourth-order valence-corrected chi connectivity index (χ4v) is 4.49. The molecule has 0 spiro atoms. The van der Waals surface area contributed by atoms with Gasteiger partial charge in [0.1, 0.15) is 5.82 Å². The van der Waals surface area contributed by atoms with Crippen LogP contribution in [0.1, 0.15) is 33.3 Å². The van der Waals surface area contributed by atoms with Gasteiger partial charge in [-0.1, -0.05) is 30.3 Å². The number of thiophene rings is 1. The van der Waals surface area contributed by atoms with Gasteiger partial charge >= 0.3 is 0 Å². The lowest BCUT2D eigenvalue weighted by Crippen LogP contribution is -2.26. The molecule has 2 heterocycles. The molecule has 0 bridgehead atoms. The number of nitrogens with one attached hydrogen (secondary N) is 1. The smallest absolute Gasteiger partial charge is 0.284 e. The fourth-order valence-electron chi connectivity index (χ4n) is 3.27. The monoisotopic (exact) mass is 443 g/mol. The largest absolute Gasteiger partial charge is 0.284 e. The predicted octanol–water partition coefficient (Wildman–Crippen LogP) is 4.25. The molecule has 0 saturated heterocycles. The fraction of sp³-hybridized carbons (Fsp3) is 0.143. The van der Waals surface area contributed by atoms with Crippen molar-refractivity contribution in [1.29, 1.82) is 0 Å². The molecular formula is C21H18FN3O3S2. The van der Waals surface area contributed by atoms with Crippen LogP contribution in [0.25, 0.3) is 0 Å². The molecule has 0 radical (unpaired) electrons. The summed E-state index contributed by atoms with van der Waals surface area (Å²) in [5.74, 6) is -0.562. The minimum atomic E-state index is -3.37. The van der Waals surface area contributed by atoms with Crippen LogP contribution in [0.4, 0.5) is 10.1 Å². The van der Waals surface area contributed by atoms with Gasteiger partial charge in [-0.3, -0.25) is 9.52 Å². The van der Waals surface area contributed by atoms with Gasteiger partial charge in [-0.05, 0) is 46.8 Å². The molecule has 0 fully saturated rings. The Hall–Kier alpha value is -3.04. The van der Waals surface area contributed by atoms with Crippen LogP contribution in [0.3, 0.4) is 0 Å². The van der Waals surface area contributed by atoms with E-state index in [4.69, 9.17) is 0 Å². The van der Waals surface area contributed by atoms with Crippen molar-refractivity contribution in [3.8, 4) is 0 Å². The third-order valence-electron chi connectivity index (χ3n) is 4.63. The molecule has 9 heteroatoms. The quantitative estimate of drug-likeness (QED) is 0.640. The molecule has 4 rings (SSSR count). The standard InChI is InChI=1S/C21H18FN3O3S2/c1-30(27,28)24-17-10-6-14(7-11-17)18-13-19(15-4-8-16(22)9-5-15)25(23-18)21(26)20-3-2-12-29-20/h2-12,19,24H,13H2,1H3. The number of benzene rings is 2. The summed E-state index contributed by atoms with van der Waals surface area (Å²) < 4.78 is 38.6. The van der Waals surface area contributed by atoms with Gasteiger partial charge in [0.05, 0.1) is 22.9 Å². The number of amides is 1. The number of hydrazone groups is 1. The van der Waals surface area contributed by atoms with Crippen LogP contribution in [0, 0.1) is 5.82 Å². The lowest BCUT2D eigenvalue weighted by molar-refractivity contribution is 0.0716. The van der Waals surface area contributed by atoms with Gasteiger partial charge in [0, 0.05) is 12.1 Å². The van der Waals surface area contributed by atoms with E-state index < -0.39 is 10.0 Å². The summed E-state index contributed by atoms with van der Waals surface area (Å²) in [4.78, 5) is 13.6. The first-order valence-corrected chi connectivity index (χ1v) is 11.9. The SMILES string of the molecule is CS(=O)(=O)Nc1ccc(C2=NN(C(=O)c3cccs3)C(c3ccc(F)cc3)C2)cc1. The van der Waals surface area contributed by atoms with Crippen molar-refractivity contribution in [3.05, 3.63) is 87.9 Å². The molecular weight excluding hydrogens is 425 g/mol. The van der Waals surface area contributed by atoms with Gasteiger partial charge < -0.3 is 0 Å². The molecule has 1 aromatic heterocycles. The first-order chi connectivity index (χ1) is 14.3. The first-order valence-electron chi connectivity index (χ1n) is 9.08. The Morgan fingerprint density at radius 2 is 1.83 bits per heavy atom. The molecule has 30 heavy (non-hydrogen) atoms. The van der Waals surface area contributed by atoms with E-state index in [2.05, 4.69) is 9.82 Å². The van der Waals surface area contributed by atoms with Crippen LogP contribution < -0.4 is 4.72 Å². The lowest BCUT2D eigenvalue weighted by Gasteiger charge is -2.21. The van der Waals surface area contributed by atoms with E-state index in [0.29, 0.717) is 22.7 Å². The van der Waals surface area contributed by atoms with E-state index in [9.17, 15) is 17.6 Å². The van der Waals surface area contributed by atoms with Crippen molar-refractivity contribution < 1.29 is 17.6 Å². The highest BCUT2D eigenvalue weighted by Gasteiger charge is 2.34. The van der Waals surface area contributed by atoms with Gasteiger partial charge in [0.25, 0.3) is 5.91 Å². The van der Waals surface area contributed by atoms with E-state index in [-0.39, 0.29) is 17.8 Å². The van der Waals surface area contributed by atoms with E-state index in [1.165, 1.54) is 28.5 Å². The van der Waals surface area contributed by atoms with Crippen LogP contribution in [0.2, 0.25) is 0 Å². The number of sulfonamides is 1. The Balaban J connectivity index is 1.66. The van der Waals surface area contributed by atoms with Crippen LogP contribution in [0.15, 0.2) is 71.1 Å². The van der Waals surface area contributed by atoms with Crippen molar-refractivity contribution in [2.24, 2.45) is 5.10 Å². The molecule has 0 saturated carbocycles. The Bertz CT molecular complexity index is 1190. The maximum absolute atomic E-state index is 13.4. The van der Waals surface area contributed by atoms with Crippen molar-refractivity contribution in [2.75, 3.05) is 11.0 Å². The molecule has 1 amide bonds. The van der Waals surface area contributed by atoms with Gasteiger partial charge in [-0.2, -0.15) is 5.10 Å². The number of hydrogen-bond donors (Lipinski definition) is 1. The Morgan fingerprint density at radius 3 is 2.43 bits per heavy atom. The molecule has 1 aliphatic rings. The second-order valence-corrected chi connectivity index (χ2v) is 9.59. The van der Waals surface area contributed by atoms with E-state index in [1.807, 2.05) is 5.38 Å². The molecule has 1 aliphatic heterocycles. The maximum Gasteiger partial charge on any atom is 0.284 e. The zero-order chi connectivity index (χ0) is 21.3. The third-order valence-corrected chi connectivity index (χ3v) is 6.09. The van der Waals surface area contributed by atoms with E-state index in [0.717, 1.165) is 17.4 Å². The normalized spacial score (nSPS) is 16.4. The number of rotatable bonds is 5. The molecule has 1 atom stereocenters. The zero-order valence-corrected chi connectivity index (χ0v) is 17.6. The number of halogens is 1. The molecule has 6 nitrogen and oxygen atoms in total. The summed E-state index contributed by atoms with van der Waals surface area (Å²) in [6.07, 6.45) is 1.55. The average molecular weight is 444 g/mol. The average Bonchev–Trinajstić information content (AvgIpc) is 3.38. The zero-order valence-electron chi connectivity index (χ0n) is 15.9. The van der Waals surface area contributed by atoms with Gasteiger partial charge in [-0.25, -0.2) is 17.8 Å². The van der Waals surface area contributed by atoms with Gasteiger partial charge in [-0.15, -0.1) is 11.3 Å². The number of carbonyl (C=O) groups is 1. The summed E-state index contributed by atoms with van der Waals surface area (Å²) in [5.41, 5.74) is 2.71. The lowest BCUT2D eigenvalue weighted by atomic mass is 9.98. The number of nitrogens with zero attached hydrogens (tertiary/aromatic N) is 2. The molecule has 1 N–H and O–H groups in total. The van der Waals surface area contributed by atoms with Crippen molar-refractivity contribution in [1.82, 2.24) is 5.01 Å². The minimum Gasteiger partial charge on any atom is -0.284 e. The van der Waals surface area contributed by atoms with Crippen LogP contribution in [0.5, 0.6) is 0 Å². The summed E-state index contributed by atoms with van der Waals surface area (Å²) in [6, 6.07) is 16.1. The maximum atomic E-state index is 13.4. The Kier molecular flexibility index (Phi) is 5.40. The minimum absolute atomic E-state index is 0.218. The van der Waals surface area contributed by atoms with Crippen LogP contribution >= 0.6 is 11.3 Å². The predicted molar refractivity (Wildman–Crippen MR) is 116 cm³/mol. The molecule has 0 aliphatic carbocycles. The summed E-state index contributed by atoms with van der Waals surface area (Å²) in [6.45, 7) is 0. The summed E-state index contributed by atoms with van der Waals surface area (Å²) in [5, 5.41) is 7.84. The van der Waals surface area contributed by atoms with E-state index in [1.54, 1.807) is 48.5 Å². The van der Waals surface area contributed by atoms with Gasteiger partial charge in [0.2, 0.25) is 10.0 Å². The highest BCUT2D eigenvalue weighted by molar-refractivity contribution is 7.92. The van der Waals surface area contributed by atoms with Gasteiger partial charge in [0.15, 0.2) is 0 Å². The van der Waals surface area contributed by atoms with Crippen LogP contribution in [-0.2, 0) is 10.0 Å². The highest BCUT2D eigenvalue weighted by Crippen LogP contribution is 2.34. The highest BCUT2D eigenvalue weighted by atomic mass is 32.2. The van der Waals surface area contributed by atoms with Crippen molar-refractivity contribution >= 4 is 38.7 Å². The Labute approximate surface area is 177 Å². The second-order valence-electron chi connectivity index (χ2n) is 6.90. The topological polar surface area (TPSA) is 78.8 Å². The Morgan fingerprint density at radius 1 is 1.13 bits per heavy atom. The van der Waals surface area contributed by atoms with E-state index >= 15 is 0 Å². The number of anilines is 1. The summed E-state index contributed by atoms with van der Waals surface area (Å²) >= 11 is 1.34. The molecule has 154 valence electrons. The number of hydrogen-bond acceptors (Lipinski definition) is 5. The number of carbonyl (C=O) groups excluding carboxylic acids is 1. The first kappa shape index (κ1) is 20.2. The molecule has 2 aromatic carbocycles. The van der Waals surface area contributed by atoms with Crippen molar-refractivity contribution in [2.45, 2.75) is 12.5 Å². The third kappa shape index (κ3) is 4.42. The molecule has 1 unspecified atom stereocenters.